The average molecular weight is 463 g/mol. The first-order chi connectivity index (χ1) is 14.2. The highest BCUT2D eigenvalue weighted by Crippen LogP contribution is 2.25. The minimum Gasteiger partial charge on any atom is -0.491 e. The predicted molar refractivity (Wildman–Crippen MR) is 103 cm³/mol. The number of nitrogens with zero attached hydrogens (tertiary/aromatic N) is 2. The lowest BCUT2D eigenvalue weighted by Gasteiger charge is -2.34. The molecule has 0 unspecified atom stereocenters. The Bertz CT molecular complexity index is 1040. The number of carbonyl (C=O) groups excluding carboxylic acids is 1. The summed E-state index contributed by atoms with van der Waals surface area (Å²) < 4.78 is 71.8. The summed E-state index contributed by atoms with van der Waals surface area (Å²) >= 11 is 5.85. The molecule has 0 bridgehead atoms. The monoisotopic (exact) mass is 462 g/mol. The van der Waals surface area contributed by atoms with Crippen LogP contribution in [0.25, 0.3) is 0 Å². The zero-order chi connectivity index (χ0) is 21.9. The van der Waals surface area contributed by atoms with Gasteiger partial charge in [0.25, 0.3) is 0 Å². The topological polar surface area (TPSA) is 66.9 Å². The molecule has 30 heavy (non-hydrogen) atoms. The van der Waals surface area contributed by atoms with Crippen LogP contribution in [0.3, 0.4) is 0 Å². The minimum absolute atomic E-state index is 0.0111. The molecule has 0 aliphatic carbocycles. The average Bonchev–Trinajstić information content (AvgIpc) is 2.71. The maximum atomic E-state index is 13.9. The highest BCUT2D eigenvalue weighted by Gasteiger charge is 2.32. The van der Waals surface area contributed by atoms with Crippen molar-refractivity contribution in [1.82, 2.24) is 9.21 Å². The lowest BCUT2D eigenvalue weighted by molar-refractivity contribution is -0.132. The van der Waals surface area contributed by atoms with Gasteiger partial charge in [-0.15, -0.1) is 0 Å². The van der Waals surface area contributed by atoms with Crippen LogP contribution in [0.5, 0.6) is 5.75 Å². The van der Waals surface area contributed by atoms with E-state index in [0.717, 1.165) is 22.5 Å². The Morgan fingerprint density at radius 1 is 1.00 bits per heavy atom. The molecule has 1 saturated heterocycles. The van der Waals surface area contributed by atoms with E-state index in [4.69, 9.17) is 16.3 Å². The van der Waals surface area contributed by atoms with Crippen LogP contribution in [0.1, 0.15) is 6.42 Å². The molecule has 0 spiro atoms. The van der Waals surface area contributed by atoms with E-state index in [1.165, 1.54) is 17.0 Å². The largest absolute Gasteiger partial charge is 0.491 e. The first kappa shape index (κ1) is 22.4. The number of ether oxygens (including phenoxy) is 1. The normalized spacial score (nSPS) is 15.3. The van der Waals surface area contributed by atoms with Gasteiger partial charge in [0, 0.05) is 26.2 Å². The van der Waals surface area contributed by atoms with E-state index < -0.39 is 32.4 Å². The summed E-state index contributed by atoms with van der Waals surface area (Å²) in [4.78, 5) is 13.1. The van der Waals surface area contributed by atoms with Gasteiger partial charge in [0.05, 0.1) is 18.1 Å². The van der Waals surface area contributed by atoms with Gasteiger partial charge in [-0.25, -0.2) is 21.6 Å². The molecule has 0 radical (unpaired) electrons. The van der Waals surface area contributed by atoms with Crippen LogP contribution >= 0.6 is 11.6 Å². The van der Waals surface area contributed by atoms with Crippen molar-refractivity contribution in [3.05, 3.63) is 58.9 Å². The number of halogens is 4. The third kappa shape index (κ3) is 5.05. The fourth-order valence-electron chi connectivity index (χ4n) is 2.99. The SMILES string of the molecule is O=C(CCOc1ccc(F)cc1Cl)N1CCN(S(=O)(=O)c2cc(F)ccc2F)CC1. The van der Waals surface area contributed by atoms with Crippen molar-refractivity contribution in [3.63, 3.8) is 0 Å². The van der Waals surface area contributed by atoms with Crippen LogP contribution in [-0.2, 0) is 14.8 Å². The van der Waals surface area contributed by atoms with Crippen molar-refractivity contribution in [2.45, 2.75) is 11.3 Å². The van der Waals surface area contributed by atoms with E-state index in [1.54, 1.807) is 0 Å². The molecule has 3 rings (SSSR count). The fourth-order valence-corrected chi connectivity index (χ4v) is 4.71. The van der Waals surface area contributed by atoms with Crippen LogP contribution in [0.4, 0.5) is 13.2 Å². The second-order valence-corrected chi connectivity index (χ2v) is 8.85. The molecular weight excluding hydrogens is 445 g/mol. The lowest BCUT2D eigenvalue weighted by Crippen LogP contribution is -2.50. The van der Waals surface area contributed by atoms with Gasteiger partial charge in [-0.3, -0.25) is 4.79 Å². The van der Waals surface area contributed by atoms with Gasteiger partial charge in [-0.2, -0.15) is 4.31 Å². The van der Waals surface area contributed by atoms with E-state index in [0.29, 0.717) is 6.07 Å². The molecule has 1 aliphatic heterocycles. The Balaban J connectivity index is 1.53. The number of rotatable bonds is 6. The molecule has 6 nitrogen and oxygen atoms in total. The molecule has 0 atom stereocenters. The van der Waals surface area contributed by atoms with Crippen LogP contribution in [-0.4, -0.2) is 56.3 Å². The number of hydrogen-bond acceptors (Lipinski definition) is 4. The molecule has 1 amide bonds. The van der Waals surface area contributed by atoms with Crippen LogP contribution in [0.2, 0.25) is 5.02 Å². The Morgan fingerprint density at radius 2 is 1.63 bits per heavy atom. The number of piperazine rings is 1. The summed E-state index contributed by atoms with van der Waals surface area (Å²) in [6, 6.07) is 5.88. The lowest BCUT2D eigenvalue weighted by atomic mass is 10.3. The van der Waals surface area contributed by atoms with Crippen molar-refractivity contribution >= 4 is 27.5 Å². The van der Waals surface area contributed by atoms with Crippen LogP contribution in [0.15, 0.2) is 41.3 Å². The Kier molecular flexibility index (Phi) is 6.89. The maximum Gasteiger partial charge on any atom is 0.246 e. The Labute approximate surface area is 176 Å². The zero-order valence-corrected chi connectivity index (χ0v) is 17.2. The summed E-state index contributed by atoms with van der Waals surface area (Å²) in [5.41, 5.74) is 0. The van der Waals surface area contributed by atoms with Crippen molar-refractivity contribution < 1.29 is 31.1 Å². The summed E-state index contributed by atoms with van der Waals surface area (Å²) in [5, 5.41) is 0.0888. The van der Waals surface area contributed by atoms with Gasteiger partial charge in [0.2, 0.25) is 15.9 Å². The van der Waals surface area contributed by atoms with Gasteiger partial charge in [0.1, 0.15) is 28.1 Å². The summed E-state index contributed by atoms with van der Waals surface area (Å²) in [5.74, 6) is -2.41. The summed E-state index contributed by atoms with van der Waals surface area (Å²) in [6.45, 7) is 0.124. The second kappa shape index (κ2) is 9.23. The first-order valence-corrected chi connectivity index (χ1v) is 10.8. The number of benzene rings is 2. The summed E-state index contributed by atoms with van der Waals surface area (Å²) in [6.07, 6.45) is 0.0129. The smallest absolute Gasteiger partial charge is 0.246 e. The molecule has 11 heteroatoms. The van der Waals surface area contributed by atoms with E-state index in [1.807, 2.05) is 0 Å². The van der Waals surface area contributed by atoms with Gasteiger partial charge < -0.3 is 9.64 Å². The summed E-state index contributed by atoms with van der Waals surface area (Å²) in [7, 11) is -4.22. The zero-order valence-electron chi connectivity index (χ0n) is 15.7. The number of carbonyl (C=O) groups is 1. The molecule has 162 valence electrons. The van der Waals surface area contributed by atoms with Gasteiger partial charge in [-0.1, -0.05) is 11.6 Å². The molecule has 2 aromatic carbocycles. The fraction of sp³-hybridized carbons (Fsp3) is 0.316. The molecule has 0 N–H and O–H groups in total. The van der Waals surface area contributed by atoms with Gasteiger partial charge in [-0.05, 0) is 36.4 Å². The standard InChI is InChI=1S/C19H18ClF3N2O4S/c20-15-11-13(21)2-4-17(15)29-10-5-19(26)24-6-8-25(9-7-24)30(27,28)18-12-14(22)1-3-16(18)23/h1-4,11-12H,5-10H2. The number of amides is 1. The molecule has 1 aliphatic rings. The molecule has 1 heterocycles. The predicted octanol–water partition coefficient (Wildman–Crippen LogP) is 3.06. The highest BCUT2D eigenvalue weighted by atomic mass is 35.5. The molecule has 0 saturated carbocycles. The Morgan fingerprint density at radius 3 is 2.30 bits per heavy atom. The molecule has 1 fully saturated rings. The van der Waals surface area contributed by atoms with Gasteiger partial charge >= 0.3 is 0 Å². The van der Waals surface area contributed by atoms with Gasteiger partial charge in [0.15, 0.2) is 0 Å². The quantitative estimate of drug-likeness (QED) is 0.662. The minimum atomic E-state index is -4.22. The van der Waals surface area contributed by atoms with Crippen molar-refractivity contribution in [2.75, 3.05) is 32.8 Å². The highest BCUT2D eigenvalue weighted by molar-refractivity contribution is 7.89. The van der Waals surface area contributed by atoms with Crippen LogP contribution < -0.4 is 4.74 Å². The van der Waals surface area contributed by atoms with E-state index in [-0.39, 0.29) is 55.9 Å². The van der Waals surface area contributed by atoms with Crippen LogP contribution in [0, 0.1) is 17.5 Å². The molecular formula is C19H18ClF3N2O4S. The third-order valence-corrected chi connectivity index (χ3v) is 6.78. The molecule has 0 aromatic heterocycles. The van der Waals surface area contributed by atoms with Crippen molar-refractivity contribution in [1.29, 1.82) is 0 Å². The number of hydrogen-bond donors (Lipinski definition) is 0. The Hall–Kier alpha value is -2.30. The van der Waals surface area contributed by atoms with Crippen molar-refractivity contribution in [2.24, 2.45) is 0 Å². The van der Waals surface area contributed by atoms with E-state index in [9.17, 15) is 26.4 Å². The number of sulfonamides is 1. The van der Waals surface area contributed by atoms with Crippen molar-refractivity contribution in [3.8, 4) is 5.75 Å². The third-order valence-electron chi connectivity index (χ3n) is 4.57. The molecule has 2 aromatic rings. The first-order valence-electron chi connectivity index (χ1n) is 8.99. The second-order valence-electron chi connectivity index (χ2n) is 6.53. The van der Waals surface area contributed by atoms with E-state index in [2.05, 4.69) is 0 Å². The van der Waals surface area contributed by atoms with E-state index >= 15 is 0 Å². The maximum absolute atomic E-state index is 13.9.